The lowest BCUT2D eigenvalue weighted by Crippen LogP contribution is -2.52. The summed E-state index contributed by atoms with van der Waals surface area (Å²) in [6.45, 7) is 3.86. The number of rotatable bonds is 6. The minimum absolute atomic E-state index is 0.0424. The lowest BCUT2D eigenvalue weighted by Gasteiger charge is -2.41. The number of carbonyl (C=O) groups is 2. The van der Waals surface area contributed by atoms with Gasteiger partial charge in [-0.1, -0.05) is 0 Å². The molecule has 3 heterocycles. The van der Waals surface area contributed by atoms with Gasteiger partial charge in [0.25, 0.3) is 0 Å². The molecule has 3 aromatic rings. The topological polar surface area (TPSA) is 129 Å². The Morgan fingerprint density at radius 2 is 1.77 bits per heavy atom. The average Bonchev–Trinajstić information content (AvgIpc) is 3.43. The Balaban J connectivity index is 1.42. The minimum Gasteiger partial charge on any atom is -0.361 e. The Hall–Kier alpha value is -3.51. The van der Waals surface area contributed by atoms with E-state index in [4.69, 9.17) is 5.73 Å². The van der Waals surface area contributed by atoms with E-state index in [-0.39, 0.29) is 19.0 Å². The number of halogens is 2. The average molecular weight is 574 g/mol. The number of piperidine rings is 1. The van der Waals surface area contributed by atoms with Crippen molar-refractivity contribution in [1.29, 1.82) is 0 Å². The van der Waals surface area contributed by atoms with Crippen LogP contribution in [-0.2, 0) is 25.0 Å². The van der Waals surface area contributed by atoms with Gasteiger partial charge in [0.1, 0.15) is 11.6 Å². The summed E-state index contributed by atoms with van der Waals surface area (Å²) < 4.78 is 54.8. The van der Waals surface area contributed by atoms with Crippen molar-refractivity contribution in [2.24, 2.45) is 5.73 Å². The molecule has 2 amide bonds. The van der Waals surface area contributed by atoms with Crippen LogP contribution >= 0.6 is 0 Å². The van der Waals surface area contributed by atoms with Crippen LogP contribution < -0.4 is 15.4 Å². The van der Waals surface area contributed by atoms with Gasteiger partial charge in [-0.15, -0.1) is 0 Å². The van der Waals surface area contributed by atoms with Crippen molar-refractivity contribution in [2.45, 2.75) is 43.6 Å². The maximum absolute atomic E-state index is 14.3. The summed E-state index contributed by atoms with van der Waals surface area (Å²) in [4.78, 5) is 31.3. The van der Waals surface area contributed by atoms with E-state index in [1.807, 2.05) is 0 Å². The molecule has 0 radical (unpaired) electrons. The second kappa shape index (κ2) is 9.84. The molecular formula is C28H33F2N5O4S. The molecule has 2 aromatic carbocycles. The molecule has 4 N–H and O–H groups in total. The van der Waals surface area contributed by atoms with Gasteiger partial charge in [0, 0.05) is 48.7 Å². The van der Waals surface area contributed by atoms with Crippen molar-refractivity contribution in [3.63, 3.8) is 0 Å². The fourth-order valence-corrected chi connectivity index (χ4v) is 6.85. The third-order valence-electron chi connectivity index (χ3n) is 8.08. The number of nitrogens with zero attached hydrogens (tertiary/aromatic N) is 2. The summed E-state index contributed by atoms with van der Waals surface area (Å²) in [7, 11) is -3.58. The molecule has 9 nitrogen and oxygen atoms in total. The smallest absolute Gasteiger partial charge is 0.239 e. The molecule has 40 heavy (non-hydrogen) atoms. The normalized spacial score (nSPS) is 17.8. The molecule has 5 rings (SSSR count). The lowest BCUT2D eigenvalue weighted by molar-refractivity contribution is -0.134. The van der Waals surface area contributed by atoms with Crippen LogP contribution in [0.3, 0.4) is 0 Å². The molecule has 2 aliphatic rings. The summed E-state index contributed by atoms with van der Waals surface area (Å²) in [5.41, 5.74) is 6.45. The number of H-pyrrole nitrogens is 1. The number of fused-ring (bicyclic) bond motifs is 3. The first kappa shape index (κ1) is 28.0. The second-order valence-corrected chi connectivity index (χ2v) is 13.4. The highest BCUT2D eigenvalue weighted by atomic mass is 32.2. The van der Waals surface area contributed by atoms with Crippen molar-refractivity contribution in [3.8, 4) is 0 Å². The number of sulfonamides is 1. The Morgan fingerprint density at radius 1 is 1.12 bits per heavy atom. The molecule has 1 spiro atoms. The highest BCUT2D eigenvalue weighted by Crippen LogP contribution is 2.48. The Labute approximate surface area is 231 Å². The largest absolute Gasteiger partial charge is 0.361 e. The predicted octanol–water partition coefficient (Wildman–Crippen LogP) is 2.72. The van der Waals surface area contributed by atoms with Crippen molar-refractivity contribution in [2.75, 3.05) is 36.7 Å². The van der Waals surface area contributed by atoms with Crippen LogP contribution in [0.2, 0.25) is 0 Å². The van der Waals surface area contributed by atoms with E-state index in [0.717, 1.165) is 6.26 Å². The first-order chi connectivity index (χ1) is 18.7. The quantitative estimate of drug-likeness (QED) is 0.418. The third kappa shape index (κ3) is 5.05. The third-order valence-corrected chi connectivity index (χ3v) is 9.21. The van der Waals surface area contributed by atoms with Crippen molar-refractivity contribution in [1.82, 2.24) is 15.2 Å². The predicted molar refractivity (Wildman–Crippen MR) is 148 cm³/mol. The number of nitrogens with two attached hydrogens (primary N) is 1. The second-order valence-electron chi connectivity index (χ2n) is 11.5. The molecule has 0 bridgehead atoms. The number of hydrogen-bond donors (Lipinski definition) is 3. The number of anilines is 1. The molecule has 1 fully saturated rings. The standard InChI is InChI=1S/C28H33F2N5O4S/c1-27(2,31)26(37)33-15-21(20-14-32-23-6-4-17(29)12-19(20)23)25(36)34-10-8-28(9-11-34)16-35(40(3,38)39)24-7-5-18(30)13-22(24)28/h4-7,12-14,21,32H,8-11,15-16,31H2,1-3H3,(H,33,37)/t21-/m0/s1. The van der Waals surface area contributed by atoms with Crippen LogP contribution in [0.5, 0.6) is 0 Å². The van der Waals surface area contributed by atoms with Crippen molar-refractivity contribution < 1.29 is 26.8 Å². The van der Waals surface area contributed by atoms with Crippen LogP contribution in [0, 0.1) is 11.6 Å². The number of likely N-dealkylation sites (tertiary alicyclic amines) is 1. The maximum atomic E-state index is 14.3. The molecule has 0 saturated carbocycles. The van der Waals surface area contributed by atoms with Gasteiger partial charge in [-0.2, -0.15) is 0 Å². The summed E-state index contributed by atoms with van der Waals surface area (Å²) in [5, 5.41) is 3.31. The van der Waals surface area contributed by atoms with Crippen LogP contribution in [-0.4, -0.2) is 68.1 Å². The van der Waals surface area contributed by atoms with Gasteiger partial charge in [-0.25, -0.2) is 17.2 Å². The van der Waals surface area contributed by atoms with Crippen molar-refractivity contribution >= 4 is 38.4 Å². The summed E-state index contributed by atoms with van der Waals surface area (Å²) >= 11 is 0. The van der Waals surface area contributed by atoms with E-state index in [9.17, 15) is 26.8 Å². The van der Waals surface area contributed by atoms with Gasteiger partial charge in [0.2, 0.25) is 21.8 Å². The van der Waals surface area contributed by atoms with E-state index >= 15 is 0 Å². The SMILES string of the molecule is CC(C)(N)C(=O)NC[C@H](C(=O)N1CCC2(CC1)CN(S(C)(=O)=O)c1ccc(F)cc12)c1c[nH]c2ccc(F)cc12. The van der Waals surface area contributed by atoms with Gasteiger partial charge in [0.05, 0.1) is 23.4 Å². The van der Waals surface area contributed by atoms with Crippen LogP contribution in [0.15, 0.2) is 42.6 Å². The van der Waals surface area contributed by atoms with Crippen LogP contribution in [0.1, 0.15) is 43.7 Å². The molecular weight excluding hydrogens is 540 g/mol. The van der Waals surface area contributed by atoms with Crippen molar-refractivity contribution in [3.05, 3.63) is 65.4 Å². The Bertz CT molecular complexity index is 1590. The number of benzene rings is 2. The molecule has 214 valence electrons. The monoisotopic (exact) mass is 573 g/mol. The highest BCUT2D eigenvalue weighted by molar-refractivity contribution is 7.92. The first-order valence-electron chi connectivity index (χ1n) is 13.1. The lowest BCUT2D eigenvalue weighted by atomic mass is 9.74. The minimum atomic E-state index is -3.58. The zero-order valence-corrected chi connectivity index (χ0v) is 23.4. The molecule has 1 saturated heterocycles. The van der Waals surface area contributed by atoms with E-state index in [1.165, 1.54) is 34.6 Å². The number of amides is 2. The molecule has 12 heteroatoms. The Kier molecular flexibility index (Phi) is 6.90. The summed E-state index contributed by atoms with van der Waals surface area (Å²) in [6, 6.07) is 8.40. The van der Waals surface area contributed by atoms with E-state index < -0.39 is 44.4 Å². The highest BCUT2D eigenvalue weighted by Gasteiger charge is 2.48. The summed E-state index contributed by atoms with van der Waals surface area (Å²) in [5.74, 6) is -2.41. The molecule has 2 aliphatic heterocycles. The van der Waals surface area contributed by atoms with E-state index in [0.29, 0.717) is 53.6 Å². The number of nitrogens with one attached hydrogen (secondary N) is 2. The van der Waals surface area contributed by atoms with Gasteiger partial charge >= 0.3 is 0 Å². The maximum Gasteiger partial charge on any atom is 0.239 e. The number of carbonyl (C=O) groups excluding carboxylic acids is 2. The van der Waals surface area contributed by atoms with Gasteiger partial charge in [0.15, 0.2) is 0 Å². The molecule has 1 atom stereocenters. The van der Waals surface area contributed by atoms with Gasteiger partial charge < -0.3 is 20.9 Å². The van der Waals surface area contributed by atoms with Crippen LogP contribution in [0.25, 0.3) is 10.9 Å². The van der Waals surface area contributed by atoms with E-state index in [2.05, 4.69) is 10.3 Å². The fraction of sp³-hybridized carbons (Fsp3) is 0.429. The van der Waals surface area contributed by atoms with Gasteiger partial charge in [-0.05, 0) is 74.2 Å². The van der Waals surface area contributed by atoms with E-state index in [1.54, 1.807) is 31.0 Å². The van der Waals surface area contributed by atoms with Crippen LogP contribution in [0.4, 0.5) is 14.5 Å². The molecule has 0 unspecified atom stereocenters. The first-order valence-corrected chi connectivity index (χ1v) is 14.9. The zero-order valence-electron chi connectivity index (χ0n) is 22.6. The number of hydrogen-bond acceptors (Lipinski definition) is 5. The fourth-order valence-electron chi connectivity index (χ4n) is 5.85. The zero-order chi connectivity index (χ0) is 29.0. The molecule has 1 aromatic heterocycles. The number of aromatic nitrogens is 1. The summed E-state index contributed by atoms with van der Waals surface area (Å²) in [6.07, 6.45) is 3.64. The molecule has 0 aliphatic carbocycles. The Morgan fingerprint density at radius 3 is 2.42 bits per heavy atom. The van der Waals surface area contributed by atoms with Gasteiger partial charge in [-0.3, -0.25) is 13.9 Å². The number of aromatic amines is 1.